The van der Waals surface area contributed by atoms with Crippen molar-refractivity contribution in [3.8, 4) is 0 Å². The molecule has 5 rings (SSSR count). The summed E-state index contributed by atoms with van der Waals surface area (Å²) in [7, 11) is 0. The Morgan fingerprint density at radius 1 is 1.03 bits per heavy atom. The minimum absolute atomic E-state index is 0.207. The van der Waals surface area contributed by atoms with E-state index < -0.39 is 0 Å². The van der Waals surface area contributed by atoms with Gasteiger partial charge in [0.25, 0.3) is 11.8 Å². The second kappa shape index (κ2) is 9.05. The molecule has 2 aromatic heterocycles. The molecule has 0 bridgehead atoms. The fourth-order valence-electron chi connectivity index (χ4n) is 3.57. The van der Waals surface area contributed by atoms with Crippen molar-refractivity contribution in [2.75, 3.05) is 41.8 Å². The van der Waals surface area contributed by atoms with E-state index in [1.165, 1.54) is 6.26 Å². The predicted octanol–water partition coefficient (Wildman–Crippen LogP) is 4.54. The molecule has 1 saturated heterocycles. The zero-order valence-electron chi connectivity index (χ0n) is 18.0. The number of anilines is 3. The van der Waals surface area contributed by atoms with Crippen LogP contribution in [0.1, 0.15) is 26.5 Å². The lowest BCUT2D eigenvalue weighted by Gasteiger charge is -2.25. The largest absolute Gasteiger partial charge is 0.459 e. The Bertz CT molecular complexity index is 1310. The van der Waals surface area contributed by atoms with Gasteiger partial charge in [0.15, 0.2) is 10.9 Å². The Morgan fingerprint density at radius 3 is 2.67 bits per heavy atom. The van der Waals surface area contributed by atoms with Crippen molar-refractivity contribution in [3.63, 3.8) is 0 Å². The molecule has 2 N–H and O–H groups in total. The summed E-state index contributed by atoms with van der Waals surface area (Å²) in [4.78, 5) is 32.2. The lowest BCUT2D eigenvalue weighted by Crippen LogP contribution is -2.36. The van der Waals surface area contributed by atoms with Gasteiger partial charge in [0.05, 0.1) is 29.7 Å². The van der Waals surface area contributed by atoms with Crippen LogP contribution in [0.25, 0.3) is 10.2 Å². The number of nitrogens with zero attached hydrogens (tertiary/aromatic N) is 2. The highest BCUT2D eigenvalue weighted by Crippen LogP contribution is 2.31. The van der Waals surface area contributed by atoms with Crippen molar-refractivity contribution < 1.29 is 18.7 Å². The lowest BCUT2D eigenvalue weighted by atomic mass is 10.1. The number of ether oxygens (including phenoxy) is 1. The van der Waals surface area contributed by atoms with Crippen LogP contribution in [-0.2, 0) is 4.74 Å². The zero-order chi connectivity index (χ0) is 22.8. The molecule has 0 unspecified atom stereocenters. The smallest absolute Gasteiger partial charge is 0.291 e. The van der Waals surface area contributed by atoms with Crippen molar-refractivity contribution in [1.82, 2.24) is 4.98 Å². The Hall–Kier alpha value is -3.69. The van der Waals surface area contributed by atoms with Gasteiger partial charge in [-0.1, -0.05) is 17.4 Å². The molecular weight excluding hydrogens is 440 g/mol. The number of hydrogen-bond donors (Lipinski definition) is 2. The van der Waals surface area contributed by atoms with E-state index in [4.69, 9.17) is 14.1 Å². The first kappa shape index (κ1) is 21.2. The molecule has 33 heavy (non-hydrogen) atoms. The minimum Gasteiger partial charge on any atom is -0.459 e. The summed E-state index contributed by atoms with van der Waals surface area (Å²) in [5.74, 6) is -0.424. The Balaban J connectivity index is 1.32. The quantitative estimate of drug-likeness (QED) is 0.452. The van der Waals surface area contributed by atoms with Crippen molar-refractivity contribution >= 4 is 49.9 Å². The van der Waals surface area contributed by atoms with E-state index >= 15 is 0 Å². The summed E-state index contributed by atoms with van der Waals surface area (Å²) in [5, 5.41) is 6.70. The molecule has 1 fully saturated rings. The number of fused-ring (bicyclic) bond motifs is 1. The highest BCUT2D eigenvalue weighted by Gasteiger charge is 2.17. The predicted molar refractivity (Wildman–Crippen MR) is 128 cm³/mol. The van der Waals surface area contributed by atoms with Gasteiger partial charge in [-0.15, -0.1) is 0 Å². The summed E-state index contributed by atoms with van der Waals surface area (Å²) in [6, 6.07) is 14.1. The highest BCUT2D eigenvalue weighted by molar-refractivity contribution is 7.22. The van der Waals surface area contributed by atoms with Gasteiger partial charge in [0, 0.05) is 30.0 Å². The average molecular weight is 463 g/mol. The van der Waals surface area contributed by atoms with Crippen LogP contribution in [0.2, 0.25) is 0 Å². The Morgan fingerprint density at radius 2 is 1.88 bits per heavy atom. The number of aromatic nitrogens is 1. The van der Waals surface area contributed by atoms with Gasteiger partial charge in [0.1, 0.15) is 0 Å². The van der Waals surface area contributed by atoms with Crippen LogP contribution in [0.5, 0.6) is 0 Å². The molecule has 8 nitrogen and oxygen atoms in total. The highest BCUT2D eigenvalue weighted by atomic mass is 32.1. The van der Waals surface area contributed by atoms with Crippen LogP contribution in [0, 0.1) is 6.92 Å². The monoisotopic (exact) mass is 462 g/mol. The van der Waals surface area contributed by atoms with Gasteiger partial charge in [-0.3, -0.25) is 9.59 Å². The summed E-state index contributed by atoms with van der Waals surface area (Å²) < 4.78 is 11.6. The van der Waals surface area contributed by atoms with E-state index in [9.17, 15) is 9.59 Å². The lowest BCUT2D eigenvalue weighted by molar-refractivity contribution is 0.0993. The van der Waals surface area contributed by atoms with Crippen molar-refractivity contribution in [2.45, 2.75) is 6.92 Å². The summed E-state index contributed by atoms with van der Waals surface area (Å²) in [6.07, 6.45) is 1.44. The molecule has 0 radical (unpaired) electrons. The number of hydrogen-bond acceptors (Lipinski definition) is 7. The second-order valence-corrected chi connectivity index (χ2v) is 8.70. The first-order valence-electron chi connectivity index (χ1n) is 10.6. The van der Waals surface area contributed by atoms with Gasteiger partial charge in [-0.2, -0.15) is 0 Å². The third-order valence-corrected chi connectivity index (χ3v) is 6.49. The number of nitrogens with one attached hydrogen (secondary N) is 2. The first-order chi connectivity index (χ1) is 16.1. The van der Waals surface area contributed by atoms with Crippen LogP contribution in [-0.4, -0.2) is 43.1 Å². The van der Waals surface area contributed by atoms with E-state index in [2.05, 4.69) is 15.5 Å². The molecule has 2 aromatic carbocycles. The number of rotatable bonds is 5. The van der Waals surface area contributed by atoms with Crippen LogP contribution < -0.4 is 15.5 Å². The number of morpholine rings is 1. The Kier molecular flexibility index (Phi) is 5.80. The van der Waals surface area contributed by atoms with E-state index in [0.29, 0.717) is 30.2 Å². The molecule has 3 heterocycles. The molecule has 0 spiro atoms. The van der Waals surface area contributed by atoms with E-state index in [0.717, 1.165) is 34.0 Å². The summed E-state index contributed by atoms with van der Waals surface area (Å²) >= 11 is 1.60. The van der Waals surface area contributed by atoms with Crippen molar-refractivity contribution in [3.05, 3.63) is 71.7 Å². The van der Waals surface area contributed by atoms with Crippen LogP contribution >= 0.6 is 11.3 Å². The number of carbonyl (C=O) groups is 2. The van der Waals surface area contributed by atoms with Crippen LogP contribution in [0.15, 0.2) is 59.2 Å². The summed E-state index contributed by atoms with van der Waals surface area (Å²) in [6.45, 7) is 4.93. The Labute approximate surface area is 194 Å². The fourth-order valence-corrected chi connectivity index (χ4v) is 4.63. The zero-order valence-corrected chi connectivity index (χ0v) is 18.8. The average Bonchev–Trinajstić information content (AvgIpc) is 3.51. The number of furan rings is 1. The minimum atomic E-state index is -0.368. The summed E-state index contributed by atoms with van der Waals surface area (Å²) in [5.41, 5.74) is 3.42. The third kappa shape index (κ3) is 4.59. The van der Waals surface area contributed by atoms with Gasteiger partial charge >= 0.3 is 0 Å². The SMILES string of the molecule is Cc1ccc(C(=O)Nc2ccc3nc(N4CCOCC4)sc3c2)cc1NC(=O)c1ccco1. The molecule has 168 valence electrons. The molecule has 4 aromatic rings. The number of thiazole rings is 1. The van der Waals surface area contributed by atoms with E-state index in [1.807, 2.05) is 25.1 Å². The maximum absolute atomic E-state index is 12.9. The number of carbonyl (C=O) groups excluding carboxylic acids is 2. The molecular formula is C24H22N4O4S. The molecule has 0 atom stereocenters. The van der Waals surface area contributed by atoms with Crippen LogP contribution in [0.3, 0.4) is 0 Å². The van der Waals surface area contributed by atoms with Crippen LogP contribution in [0.4, 0.5) is 16.5 Å². The molecule has 0 aliphatic carbocycles. The van der Waals surface area contributed by atoms with Gasteiger partial charge in [-0.25, -0.2) is 4.98 Å². The maximum Gasteiger partial charge on any atom is 0.291 e. The van der Waals surface area contributed by atoms with Gasteiger partial charge in [-0.05, 0) is 55.0 Å². The number of amides is 2. The maximum atomic E-state index is 12.9. The van der Waals surface area contributed by atoms with Gasteiger partial charge < -0.3 is 24.7 Å². The second-order valence-electron chi connectivity index (χ2n) is 7.69. The third-order valence-electron chi connectivity index (χ3n) is 5.41. The van der Waals surface area contributed by atoms with Crippen molar-refractivity contribution in [2.24, 2.45) is 0 Å². The van der Waals surface area contributed by atoms with E-state index in [1.54, 1.807) is 41.7 Å². The number of benzene rings is 2. The number of aryl methyl sites for hydroxylation is 1. The molecule has 1 aliphatic rings. The topological polar surface area (TPSA) is 96.7 Å². The van der Waals surface area contributed by atoms with Gasteiger partial charge in [0.2, 0.25) is 0 Å². The molecule has 9 heteroatoms. The van der Waals surface area contributed by atoms with Crippen molar-refractivity contribution in [1.29, 1.82) is 0 Å². The molecule has 2 amide bonds. The first-order valence-corrected chi connectivity index (χ1v) is 11.4. The normalized spacial score (nSPS) is 13.8. The molecule has 0 saturated carbocycles. The molecule has 1 aliphatic heterocycles. The van der Waals surface area contributed by atoms with E-state index in [-0.39, 0.29) is 17.6 Å². The fraction of sp³-hybridized carbons (Fsp3) is 0.208. The standard InChI is InChI=1S/C24H22N4O4S/c1-15-4-5-16(13-19(15)26-23(30)20-3-2-10-32-20)22(29)25-17-6-7-18-21(14-17)33-24(27-18)28-8-11-31-12-9-28/h2-7,10,13-14H,8-9,11-12H2,1H3,(H,25,29)(H,26,30).